The molecule has 3 N–H and O–H groups in total. The SMILES string of the molecule is CC(C)(N)CCC(=O)NCC1CCSC1. The zero-order valence-electron chi connectivity index (χ0n) is 9.71. The van der Waals surface area contributed by atoms with E-state index in [0.717, 1.165) is 13.0 Å². The van der Waals surface area contributed by atoms with Crippen LogP contribution >= 0.6 is 11.8 Å². The van der Waals surface area contributed by atoms with E-state index in [2.05, 4.69) is 5.32 Å². The van der Waals surface area contributed by atoms with Gasteiger partial charge in [-0.15, -0.1) is 0 Å². The van der Waals surface area contributed by atoms with Crippen molar-refractivity contribution in [1.29, 1.82) is 0 Å². The zero-order valence-corrected chi connectivity index (χ0v) is 10.5. The lowest BCUT2D eigenvalue weighted by molar-refractivity contribution is -0.121. The third-order valence-electron chi connectivity index (χ3n) is 2.61. The van der Waals surface area contributed by atoms with E-state index in [0.29, 0.717) is 12.3 Å². The average Bonchev–Trinajstić information content (AvgIpc) is 2.62. The summed E-state index contributed by atoms with van der Waals surface area (Å²) in [4.78, 5) is 11.5. The molecule has 0 saturated carbocycles. The lowest BCUT2D eigenvalue weighted by atomic mass is 10.00. The molecule has 1 fully saturated rings. The number of thioether (sulfide) groups is 1. The largest absolute Gasteiger partial charge is 0.356 e. The lowest BCUT2D eigenvalue weighted by Gasteiger charge is -2.18. The highest BCUT2D eigenvalue weighted by Crippen LogP contribution is 2.22. The normalized spacial score (nSPS) is 21.7. The summed E-state index contributed by atoms with van der Waals surface area (Å²) in [5, 5.41) is 2.99. The summed E-state index contributed by atoms with van der Waals surface area (Å²) in [6.07, 6.45) is 2.54. The van der Waals surface area contributed by atoms with Crippen LogP contribution in [0.15, 0.2) is 0 Å². The van der Waals surface area contributed by atoms with E-state index in [4.69, 9.17) is 5.73 Å². The summed E-state index contributed by atoms with van der Waals surface area (Å²) < 4.78 is 0. The topological polar surface area (TPSA) is 55.1 Å². The molecular formula is C11H22N2OS. The summed E-state index contributed by atoms with van der Waals surface area (Å²) >= 11 is 1.98. The summed E-state index contributed by atoms with van der Waals surface area (Å²) in [6.45, 7) is 4.75. The first-order chi connectivity index (χ1) is 6.97. The number of rotatable bonds is 5. The predicted molar refractivity (Wildman–Crippen MR) is 65.9 cm³/mol. The second-order valence-corrected chi connectivity index (χ2v) is 6.17. The van der Waals surface area contributed by atoms with E-state index in [-0.39, 0.29) is 11.4 Å². The Morgan fingerprint density at radius 2 is 2.33 bits per heavy atom. The van der Waals surface area contributed by atoms with Gasteiger partial charge in [0.05, 0.1) is 0 Å². The lowest BCUT2D eigenvalue weighted by Crippen LogP contribution is -2.35. The van der Waals surface area contributed by atoms with Crippen LogP contribution in [0.5, 0.6) is 0 Å². The Labute approximate surface area is 96.6 Å². The first kappa shape index (κ1) is 12.8. The molecule has 0 spiro atoms. The fourth-order valence-corrected chi connectivity index (χ4v) is 2.81. The molecule has 0 aromatic carbocycles. The van der Waals surface area contributed by atoms with Crippen molar-refractivity contribution in [2.45, 2.75) is 38.6 Å². The van der Waals surface area contributed by atoms with Gasteiger partial charge in [0.1, 0.15) is 0 Å². The van der Waals surface area contributed by atoms with Gasteiger partial charge < -0.3 is 11.1 Å². The Hall–Kier alpha value is -0.220. The molecule has 1 unspecified atom stereocenters. The van der Waals surface area contributed by atoms with Gasteiger partial charge in [-0.3, -0.25) is 4.79 Å². The van der Waals surface area contributed by atoms with E-state index >= 15 is 0 Å². The van der Waals surface area contributed by atoms with Gasteiger partial charge in [0.15, 0.2) is 0 Å². The van der Waals surface area contributed by atoms with Crippen molar-refractivity contribution in [2.24, 2.45) is 11.7 Å². The van der Waals surface area contributed by atoms with Crippen molar-refractivity contribution in [3.63, 3.8) is 0 Å². The van der Waals surface area contributed by atoms with Crippen LogP contribution in [0.25, 0.3) is 0 Å². The maximum Gasteiger partial charge on any atom is 0.220 e. The Morgan fingerprint density at radius 3 is 2.87 bits per heavy atom. The number of hydrogen-bond donors (Lipinski definition) is 2. The van der Waals surface area contributed by atoms with Crippen LogP contribution in [0, 0.1) is 5.92 Å². The molecule has 1 aliphatic heterocycles. The minimum absolute atomic E-state index is 0.144. The van der Waals surface area contributed by atoms with E-state index in [1.54, 1.807) is 0 Å². The van der Waals surface area contributed by atoms with Gasteiger partial charge in [-0.25, -0.2) is 0 Å². The Morgan fingerprint density at radius 1 is 1.60 bits per heavy atom. The molecular weight excluding hydrogens is 208 g/mol. The maximum absolute atomic E-state index is 11.5. The summed E-state index contributed by atoms with van der Waals surface area (Å²) in [5.41, 5.74) is 5.58. The Balaban J connectivity index is 2.08. The highest BCUT2D eigenvalue weighted by Gasteiger charge is 2.17. The molecule has 1 rings (SSSR count). The van der Waals surface area contributed by atoms with Gasteiger partial charge in [-0.1, -0.05) is 0 Å². The van der Waals surface area contributed by atoms with Crippen LogP contribution in [0.1, 0.15) is 33.1 Å². The molecule has 15 heavy (non-hydrogen) atoms. The summed E-state index contributed by atoms with van der Waals surface area (Å²) in [6, 6.07) is 0. The van der Waals surface area contributed by atoms with E-state index in [1.807, 2.05) is 25.6 Å². The van der Waals surface area contributed by atoms with Gasteiger partial charge in [0, 0.05) is 18.5 Å². The molecule has 1 heterocycles. The van der Waals surface area contributed by atoms with Crippen LogP contribution in [-0.2, 0) is 4.79 Å². The zero-order chi connectivity index (χ0) is 11.3. The fraction of sp³-hybridized carbons (Fsp3) is 0.909. The van der Waals surface area contributed by atoms with Crippen LogP contribution < -0.4 is 11.1 Å². The second-order valence-electron chi connectivity index (χ2n) is 5.02. The summed E-state index contributed by atoms with van der Waals surface area (Å²) in [5.74, 6) is 3.27. The summed E-state index contributed by atoms with van der Waals surface area (Å²) in [7, 11) is 0. The number of nitrogens with two attached hydrogens (primary N) is 1. The maximum atomic E-state index is 11.5. The molecule has 0 aromatic heterocycles. The van der Waals surface area contributed by atoms with Crippen LogP contribution in [0.2, 0.25) is 0 Å². The molecule has 1 aliphatic rings. The molecule has 3 nitrogen and oxygen atoms in total. The van der Waals surface area contributed by atoms with Gasteiger partial charge in [-0.05, 0) is 44.1 Å². The number of amides is 1. The molecule has 0 aromatic rings. The van der Waals surface area contributed by atoms with Crippen molar-refractivity contribution in [2.75, 3.05) is 18.1 Å². The second kappa shape index (κ2) is 5.75. The number of hydrogen-bond acceptors (Lipinski definition) is 3. The number of nitrogens with one attached hydrogen (secondary N) is 1. The van der Waals surface area contributed by atoms with E-state index in [9.17, 15) is 4.79 Å². The fourth-order valence-electron chi connectivity index (χ4n) is 1.53. The van der Waals surface area contributed by atoms with E-state index in [1.165, 1.54) is 17.9 Å². The molecule has 0 bridgehead atoms. The Kier molecular flexibility index (Phi) is 4.93. The van der Waals surface area contributed by atoms with Crippen LogP contribution in [0.4, 0.5) is 0 Å². The quantitative estimate of drug-likeness (QED) is 0.750. The first-order valence-corrected chi connectivity index (χ1v) is 6.76. The molecule has 0 aliphatic carbocycles. The van der Waals surface area contributed by atoms with Gasteiger partial charge in [-0.2, -0.15) is 11.8 Å². The molecule has 1 atom stereocenters. The highest BCUT2D eigenvalue weighted by atomic mass is 32.2. The first-order valence-electron chi connectivity index (χ1n) is 5.61. The minimum atomic E-state index is -0.236. The van der Waals surface area contributed by atoms with Gasteiger partial charge >= 0.3 is 0 Å². The van der Waals surface area contributed by atoms with Crippen molar-refractivity contribution in [1.82, 2.24) is 5.32 Å². The van der Waals surface area contributed by atoms with Gasteiger partial charge in [0.25, 0.3) is 0 Å². The van der Waals surface area contributed by atoms with E-state index < -0.39 is 0 Å². The molecule has 1 amide bonds. The van der Waals surface area contributed by atoms with Crippen molar-refractivity contribution in [3.05, 3.63) is 0 Å². The number of carbonyl (C=O) groups excluding carboxylic acids is 1. The monoisotopic (exact) mass is 230 g/mol. The third kappa shape index (κ3) is 6.05. The molecule has 1 saturated heterocycles. The van der Waals surface area contributed by atoms with Crippen LogP contribution in [-0.4, -0.2) is 29.5 Å². The smallest absolute Gasteiger partial charge is 0.220 e. The van der Waals surface area contributed by atoms with Crippen molar-refractivity contribution >= 4 is 17.7 Å². The molecule has 4 heteroatoms. The van der Waals surface area contributed by atoms with Crippen LogP contribution in [0.3, 0.4) is 0 Å². The van der Waals surface area contributed by atoms with Crippen molar-refractivity contribution in [3.8, 4) is 0 Å². The standard InChI is InChI=1S/C11H22N2OS/c1-11(2,12)5-3-10(14)13-7-9-4-6-15-8-9/h9H,3-8,12H2,1-2H3,(H,13,14). The van der Waals surface area contributed by atoms with Gasteiger partial charge in [0.2, 0.25) is 5.91 Å². The molecule has 88 valence electrons. The predicted octanol–water partition coefficient (Wildman–Crippen LogP) is 1.37. The Bertz CT molecular complexity index is 207. The third-order valence-corrected chi connectivity index (χ3v) is 3.84. The molecule has 0 radical (unpaired) electrons. The van der Waals surface area contributed by atoms with Crippen molar-refractivity contribution < 1.29 is 4.79 Å². The minimum Gasteiger partial charge on any atom is -0.356 e. The highest BCUT2D eigenvalue weighted by molar-refractivity contribution is 7.99. The average molecular weight is 230 g/mol. The number of carbonyl (C=O) groups is 1.